The first-order valence-electron chi connectivity index (χ1n) is 7.78. The summed E-state index contributed by atoms with van der Waals surface area (Å²) in [5.41, 5.74) is 10.5. The molecule has 0 radical (unpaired) electrons. The summed E-state index contributed by atoms with van der Waals surface area (Å²) in [4.78, 5) is 0. The minimum atomic E-state index is 0.291. The van der Waals surface area contributed by atoms with Gasteiger partial charge in [-0.05, 0) is 46.8 Å². The number of fused-ring (bicyclic) bond motifs is 1. The first-order chi connectivity index (χ1) is 9.37. The smallest absolute Gasteiger partial charge is 0.0588 e. The van der Waals surface area contributed by atoms with Crippen LogP contribution < -0.4 is 5.73 Å². The fourth-order valence-corrected chi connectivity index (χ4v) is 3.17. The Balaban J connectivity index is 2.20. The molecule has 2 heteroatoms. The van der Waals surface area contributed by atoms with Crippen LogP contribution in [0, 0.1) is 0 Å². The van der Waals surface area contributed by atoms with Gasteiger partial charge in [0.25, 0.3) is 0 Å². The Bertz CT molecular complexity index is 462. The van der Waals surface area contributed by atoms with Crippen molar-refractivity contribution in [1.29, 1.82) is 0 Å². The summed E-state index contributed by atoms with van der Waals surface area (Å²) >= 11 is 0. The third-order valence-electron chi connectivity index (χ3n) is 4.71. The van der Waals surface area contributed by atoms with Gasteiger partial charge in [-0.3, -0.25) is 0 Å². The van der Waals surface area contributed by atoms with E-state index in [1.54, 1.807) is 0 Å². The van der Waals surface area contributed by atoms with Crippen molar-refractivity contribution in [3.8, 4) is 0 Å². The zero-order valence-electron chi connectivity index (χ0n) is 13.5. The monoisotopic (exact) mass is 275 g/mol. The van der Waals surface area contributed by atoms with Crippen molar-refractivity contribution >= 4 is 0 Å². The number of hydrogen-bond donors (Lipinski definition) is 1. The zero-order chi connectivity index (χ0) is 14.8. The van der Waals surface area contributed by atoms with E-state index in [9.17, 15) is 0 Å². The molecule has 0 heterocycles. The number of nitrogens with two attached hydrogens (primary N) is 1. The second-order valence-electron chi connectivity index (χ2n) is 7.30. The van der Waals surface area contributed by atoms with E-state index in [0.717, 1.165) is 13.0 Å². The van der Waals surface area contributed by atoms with Crippen LogP contribution in [0.2, 0.25) is 0 Å². The van der Waals surface area contributed by atoms with Crippen LogP contribution in [0.5, 0.6) is 0 Å². The lowest BCUT2D eigenvalue weighted by molar-refractivity contribution is 0.144. The molecule has 1 aromatic rings. The number of benzene rings is 1. The van der Waals surface area contributed by atoms with Gasteiger partial charge in [0.15, 0.2) is 0 Å². The Kier molecular flexibility index (Phi) is 4.55. The van der Waals surface area contributed by atoms with Gasteiger partial charge in [0.1, 0.15) is 0 Å². The van der Waals surface area contributed by atoms with Crippen molar-refractivity contribution in [1.82, 2.24) is 0 Å². The van der Waals surface area contributed by atoms with Crippen LogP contribution in [-0.2, 0) is 22.0 Å². The van der Waals surface area contributed by atoms with E-state index in [4.69, 9.17) is 10.5 Å². The van der Waals surface area contributed by atoms with Crippen molar-refractivity contribution in [3.05, 3.63) is 34.9 Å². The third-order valence-corrected chi connectivity index (χ3v) is 4.71. The number of rotatable bonds is 5. The van der Waals surface area contributed by atoms with Crippen molar-refractivity contribution < 1.29 is 4.74 Å². The van der Waals surface area contributed by atoms with E-state index < -0.39 is 0 Å². The van der Waals surface area contributed by atoms with Crippen LogP contribution in [0.4, 0.5) is 0 Å². The summed E-state index contributed by atoms with van der Waals surface area (Å²) in [6, 6.07) is 7.02. The predicted octanol–water partition coefficient (Wildman–Crippen LogP) is 3.55. The maximum absolute atomic E-state index is 5.50. The second kappa shape index (κ2) is 5.87. The topological polar surface area (TPSA) is 35.2 Å². The van der Waals surface area contributed by atoms with Crippen LogP contribution in [0.1, 0.15) is 57.2 Å². The standard InChI is InChI=1S/C18H29NO/c1-17(2)8-9-18(3,4)16-13-14(5-6-15(16)17)7-11-20-12-10-19/h5-6,13H,7-12,19H2,1-4H3. The normalized spacial score (nSPS) is 19.6. The summed E-state index contributed by atoms with van der Waals surface area (Å²) in [5.74, 6) is 0. The van der Waals surface area contributed by atoms with Gasteiger partial charge in [-0.25, -0.2) is 0 Å². The minimum Gasteiger partial charge on any atom is -0.380 e. The second-order valence-corrected chi connectivity index (χ2v) is 7.30. The molecule has 0 saturated carbocycles. The van der Waals surface area contributed by atoms with Crippen LogP contribution in [-0.4, -0.2) is 19.8 Å². The maximum Gasteiger partial charge on any atom is 0.0588 e. The predicted molar refractivity (Wildman–Crippen MR) is 85.3 cm³/mol. The molecule has 0 atom stereocenters. The molecule has 0 aromatic heterocycles. The Morgan fingerprint density at radius 2 is 1.65 bits per heavy atom. The molecular weight excluding hydrogens is 246 g/mol. The quantitative estimate of drug-likeness (QED) is 0.834. The van der Waals surface area contributed by atoms with Crippen molar-refractivity contribution in [2.75, 3.05) is 19.8 Å². The molecule has 0 amide bonds. The Hall–Kier alpha value is -0.860. The molecule has 0 fully saturated rings. The molecule has 1 aliphatic rings. The summed E-state index contributed by atoms with van der Waals surface area (Å²) in [6.45, 7) is 11.5. The van der Waals surface area contributed by atoms with E-state index in [1.165, 1.54) is 29.5 Å². The zero-order valence-corrected chi connectivity index (χ0v) is 13.5. The Morgan fingerprint density at radius 1 is 1.00 bits per heavy atom. The summed E-state index contributed by atoms with van der Waals surface area (Å²) in [6.07, 6.45) is 3.51. The van der Waals surface area contributed by atoms with E-state index in [1.807, 2.05) is 0 Å². The van der Waals surface area contributed by atoms with Crippen LogP contribution in [0.3, 0.4) is 0 Å². The highest BCUT2D eigenvalue weighted by Gasteiger charge is 2.36. The molecule has 2 rings (SSSR count). The minimum absolute atomic E-state index is 0.291. The van der Waals surface area contributed by atoms with Gasteiger partial charge in [0, 0.05) is 6.54 Å². The molecule has 112 valence electrons. The highest BCUT2D eigenvalue weighted by atomic mass is 16.5. The number of hydrogen-bond acceptors (Lipinski definition) is 2. The van der Waals surface area contributed by atoms with Gasteiger partial charge in [-0.2, -0.15) is 0 Å². The van der Waals surface area contributed by atoms with Crippen LogP contribution in [0.25, 0.3) is 0 Å². The van der Waals surface area contributed by atoms with E-state index >= 15 is 0 Å². The lowest BCUT2D eigenvalue weighted by Gasteiger charge is -2.42. The number of ether oxygens (including phenoxy) is 1. The Morgan fingerprint density at radius 3 is 2.30 bits per heavy atom. The van der Waals surface area contributed by atoms with Gasteiger partial charge in [-0.1, -0.05) is 45.9 Å². The molecule has 0 bridgehead atoms. The van der Waals surface area contributed by atoms with E-state index in [0.29, 0.717) is 24.0 Å². The summed E-state index contributed by atoms with van der Waals surface area (Å²) in [5, 5.41) is 0. The first kappa shape index (κ1) is 15.5. The molecule has 1 aliphatic carbocycles. The fourth-order valence-electron chi connectivity index (χ4n) is 3.17. The van der Waals surface area contributed by atoms with Crippen molar-refractivity contribution in [3.63, 3.8) is 0 Å². The molecule has 0 saturated heterocycles. The van der Waals surface area contributed by atoms with Gasteiger partial charge in [-0.15, -0.1) is 0 Å². The molecule has 2 N–H and O–H groups in total. The van der Waals surface area contributed by atoms with Crippen LogP contribution >= 0.6 is 0 Å². The summed E-state index contributed by atoms with van der Waals surface area (Å²) < 4.78 is 5.50. The molecule has 0 spiro atoms. The van der Waals surface area contributed by atoms with Gasteiger partial charge in [0.2, 0.25) is 0 Å². The SMILES string of the molecule is CC1(C)CCC(C)(C)c2cc(CCOCCN)ccc21. The van der Waals surface area contributed by atoms with Gasteiger partial charge < -0.3 is 10.5 Å². The van der Waals surface area contributed by atoms with Gasteiger partial charge >= 0.3 is 0 Å². The van der Waals surface area contributed by atoms with Crippen LogP contribution in [0.15, 0.2) is 18.2 Å². The fraction of sp³-hybridized carbons (Fsp3) is 0.667. The van der Waals surface area contributed by atoms with E-state index in [2.05, 4.69) is 45.9 Å². The lowest BCUT2D eigenvalue weighted by Crippen LogP contribution is -2.33. The molecule has 0 aliphatic heterocycles. The Labute approximate surface area is 123 Å². The summed E-state index contributed by atoms with van der Waals surface area (Å²) in [7, 11) is 0. The first-order valence-corrected chi connectivity index (χ1v) is 7.78. The van der Waals surface area contributed by atoms with Crippen molar-refractivity contribution in [2.24, 2.45) is 5.73 Å². The molecule has 2 nitrogen and oxygen atoms in total. The van der Waals surface area contributed by atoms with Gasteiger partial charge in [0.05, 0.1) is 13.2 Å². The molecule has 20 heavy (non-hydrogen) atoms. The largest absolute Gasteiger partial charge is 0.380 e. The maximum atomic E-state index is 5.50. The molecule has 0 unspecified atom stereocenters. The molecule has 1 aromatic carbocycles. The van der Waals surface area contributed by atoms with E-state index in [-0.39, 0.29) is 0 Å². The lowest BCUT2D eigenvalue weighted by atomic mass is 9.63. The average Bonchev–Trinajstić information content (AvgIpc) is 2.40. The average molecular weight is 275 g/mol. The van der Waals surface area contributed by atoms with Crippen molar-refractivity contribution in [2.45, 2.75) is 57.8 Å². The highest BCUT2D eigenvalue weighted by molar-refractivity contribution is 5.43. The molecular formula is C18H29NO. The highest BCUT2D eigenvalue weighted by Crippen LogP contribution is 2.45. The third kappa shape index (κ3) is 3.24.